The van der Waals surface area contributed by atoms with Gasteiger partial charge in [-0.15, -0.1) is 0 Å². The third-order valence-electron chi connectivity index (χ3n) is 4.86. The zero-order chi connectivity index (χ0) is 23.8. The summed E-state index contributed by atoms with van der Waals surface area (Å²) in [6.45, 7) is 8.95. The molecule has 0 radical (unpaired) electrons. The number of hydrogen-bond donors (Lipinski definition) is 1. The number of carboxylic acid groups (broad SMARTS) is 1. The van der Waals surface area contributed by atoms with E-state index in [4.69, 9.17) is 9.84 Å². The van der Waals surface area contributed by atoms with E-state index in [1.54, 1.807) is 37.3 Å². The molecule has 0 aliphatic rings. The van der Waals surface area contributed by atoms with Crippen LogP contribution in [0.15, 0.2) is 66.3 Å². The van der Waals surface area contributed by atoms with Gasteiger partial charge < -0.3 is 9.84 Å². The van der Waals surface area contributed by atoms with Crippen molar-refractivity contribution >= 4 is 11.5 Å². The van der Waals surface area contributed by atoms with Crippen LogP contribution in [-0.4, -0.2) is 23.9 Å². The Bertz CT molecular complexity index is 1050. The summed E-state index contributed by atoms with van der Waals surface area (Å²) < 4.78 is 34.0. The Morgan fingerprint density at radius 2 is 1.84 bits per heavy atom. The van der Waals surface area contributed by atoms with Gasteiger partial charge in [-0.25, -0.2) is 13.6 Å². The SMILES string of the molecule is C/C(=C/C=C/C(C)=C/C(=O)O)c1cc(-c2ccccc2F)cc(C(C)C)c1OCC(C)F. The topological polar surface area (TPSA) is 46.5 Å². The second-order valence-corrected chi connectivity index (χ2v) is 8.10. The first-order chi connectivity index (χ1) is 15.1. The minimum atomic E-state index is -1.14. The monoisotopic (exact) mass is 440 g/mol. The molecule has 0 heterocycles. The molecule has 3 nitrogen and oxygen atoms in total. The molecule has 2 aromatic rings. The van der Waals surface area contributed by atoms with Crippen molar-refractivity contribution in [1.29, 1.82) is 0 Å². The van der Waals surface area contributed by atoms with E-state index < -0.39 is 12.1 Å². The molecular weight excluding hydrogens is 410 g/mol. The summed E-state index contributed by atoms with van der Waals surface area (Å²) in [7, 11) is 0. The number of aliphatic carboxylic acids is 1. The van der Waals surface area contributed by atoms with E-state index in [1.807, 2.05) is 39.0 Å². The molecule has 0 saturated heterocycles. The van der Waals surface area contributed by atoms with Crippen molar-refractivity contribution in [1.82, 2.24) is 0 Å². The Labute approximate surface area is 188 Å². The van der Waals surface area contributed by atoms with Gasteiger partial charge in [-0.3, -0.25) is 0 Å². The number of halogens is 2. The standard InChI is InChI=1S/C27H30F2O3/c1-17(2)23-14-21(22-11-6-7-12-25(22)29)15-24(27(23)32-16-20(5)28)19(4)10-8-9-18(3)13-26(30)31/h6-15,17,20H,16H2,1-5H3,(H,30,31)/b9-8+,18-13+,19-10-. The summed E-state index contributed by atoms with van der Waals surface area (Å²) in [6.07, 6.45) is 5.24. The molecule has 0 spiro atoms. The third-order valence-corrected chi connectivity index (χ3v) is 4.86. The molecule has 0 fully saturated rings. The van der Waals surface area contributed by atoms with E-state index in [0.29, 0.717) is 22.4 Å². The second kappa shape index (κ2) is 11.4. The molecule has 1 atom stereocenters. The molecule has 1 N–H and O–H groups in total. The van der Waals surface area contributed by atoms with E-state index in [2.05, 4.69) is 0 Å². The summed E-state index contributed by atoms with van der Waals surface area (Å²) in [5.74, 6) is -0.697. The first-order valence-corrected chi connectivity index (χ1v) is 10.6. The van der Waals surface area contributed by atoms with Crippen LogP contribution in [0.5, 0.6) is 5.75 Å². The lowest BCUT2D eigenvalue weighted by Crippen LogP contribution is -2.11. The van der Waals surface area contributed by atoms with Crippen LogP contribution in [0.2, 0.25) is 0 Å². The summed E-state index contributed by atoms with van der Waals surface area (Å²) in [5.41, 5.74) is 4.20. The third kappa shape index (κ3) is 6.91. The zero-order valence-electron chi connectivity index (χ0n) is 19.2. The fraction of sp³-hybridized carbons (Fsp3) is 0.296. The number of benzene rings is 2. The van der Waals surface area contributed by atoms with Gasteiger partial charge in [0, 0.05) is 17.2 Å². The number of rotatable bonds is 9. The van der Waals surface area contributed by atoms with Gasteiger partial charge in [0.05, 0.1) is 0 Å². The maximum absolute atomic E-state index is 14.5. The van der Waals surface area contributed by atoms with Gasteiger partial charge in [0.15, 0.2) is 0 Å². The van der Waals surface area contributed by atoms with Crippen molar-refractivity contribution in [2.24, 2.45) is 0 Å². The lowest BCUT2D eigenvalue weighted by Gasteiger charge is -2.21. The number of carboxylic acids is 1. The van der Waals surface area contributed by atoms with E-state index in [9.17, 15) is 13.6 Å². The summed E-state index contributed by atoms with van der Waals surface area (Å²) >= 11 is 0. The minimum absolute atomic E-state index is 0.0643. The van der Waals surface area contributed by atoms with Crippen LogP contribution in [0.1, 0.15) is 51.7 Å². The fourth-order valence-electron chi connectivity index (χ4n) is 3.26. The molecule has 170 valence electrons. The van der Waals surface area contributed by atoms with Crippen molar-refractivity contribution in [2.45, 2.75) is 46.7 Å². The Hall–Kier alpha value is -3.21. The van der Waals surface area contributed by atoms with Crippen molar-refractivity contribution < 1.29 is 23.4 Å². The molecule has 2 rings (SSSR count). The molecular formula is C27H30F2O3. The highest BCUT2D eigenvalue weighted by Crippen LogP contribution is 2.39. The molecule has 32 heavy (non-hydrogen) atoms. The Morgan fingerprint density at radius 1 is 1.16 bits per heavy atom. The maximum atomic E-state index is 14.5. The van der Waals surface area contributed by atoms with Gasteiger partial charge in [0.2, 0.25) is 0 Å². The number of allylic oxidation sites excluding steroid dienone is 5. The Morgan fingerprint density at radius 3 is 2.44 bits per heavy atom. The van der Waals surface area contributed by atoms with E-state index in [-0.39, 0.29) is 18.3 Å². The highest BCUT2D eigenvalue weighted by Gasteiger charge is 2.19. The Kier molecular flexibility index (Phi) is 8.94. The molecule has 5 heteroatoms. The van der Waals surface area contributed by atoms with Gasteiger partial charge >= 0.3 is 5.97 Å². The van der Waals surface area contributed by atoms with Crippen LogP contribution >= 0.6 is 0 Å². The second-order valence-electron chi connectivity index (χ2n) is 8.10. The number of hydrogen-bond acceptors (Lipinski definition) is 2. The van der Waals surface area contributed by atoms with Gasteiger partial charge in [-0.05, 0) is 67.2 Å². The van der Waals surface area contributed by atoms with Crippen molar-refractivity contribution in [3.05, 3.63) is 83.2 Å². The smallest absolute Gasteiger partial charge is 0.328 e. The van der Waals surface area contributed by atoms with Crippen LogP contribution in [0.25, 0.3) is 16.7 Å². The van der Waals surface area contributed by atoms with E-state index in [1.165, 1.54) is 13.0 Å². The number of alkyl halides is 1. The van der Waals surface area contributed by atoms with E-state index in [0.717, 1.165) is 22.8 Å². The fourth-order valence-corrected chi connectivity index (χ4v) is 3.26. The average molecular weight is 441 g/mol. The molecule has 0 saturated carbocycles. The molecule has 0 aliphatic carbocycles. The van der Waals surface area contributed by atoms with Crippen LogP contribution in [0.4, 0.5) is 8.78 Å². The van der Waals surface area contributed by atoms with Crippen LogP contribution < -0.4 is 4.74 Å². The summed E-state index contributed by atoms with van der Waals surface area (Å²) in [4.78, 5) is 10.8. The number of carbonyl (C=O) groups is 1. The Balaban J connectivity index is 2.65. The van der Waals surface area contributed by atoms with Gasteiger partial charge in [0.25, 0.3) is 0 Å². The zero-order valence-corrected chi connectivity index (χ0v) is 19.2. The van der Waals surface area contributed by atoms with Crippen molar-refractivity contribution in [3.63, 3.8) is 0 Å². The molecule has 0 aromatic heterocycles. The van der Waals surface area contributed by atoms with Crippen LogP contribution in [0, 0.1) is 5.82 Å². The quantitative estimate of drug-likeness (QED) is 0.328. The summed E-state index contributed by atoms with van der Waals surface area (Å²) in [6, 6.07) is 10.3. The van der Waals surface area contributed by atoms with Crippen molar-refractivity contribution in [3.8, 4) is 16.9 Å². The van der Waals surface area contributed by atoms with Crippen molar-refractivity contribution in [2.75, 3.05) is 6.61 Å². The highest BCUT2D eigenvalue weighted by molar-refractivity contribution is 5.81. The summed E-state index contributed by atoms with van der Waals surface area (Å²) in [5, 5.41) is 8.85. The molecule has 0 amide bonds. The molecule has 0 aliphatic heterocycles. The average Bonchev–Trinajstić information content (AvgIpc) is 2.71. The normalized spacial score (nSPS) is 13.6. The predicted molar refractivity (Wildman–Crippen MR) is 126 cm³/mol. The van der Waals surface area contributed by atoms with Crippen LogP contribution in [0.3, 0.4) is 0 Å². The molecule has 1 unspecified atom stereocenters. The van der Waals surface area contributed by atoms with Gasteiger partial charge in [0.1, 0.15) is 24.3 Å². The largest absolute Gasteiger partial charge is 0.490 e. The maximum Gasteiger partial charge on any atom is 0.328 e. The minimum Gasteiger partial charge on any atom is -0.490 e. The first kappa shape index (κ1) is 25.1. The van der Waals surface area contributed by atoms with Gasteiger partial charge in [-0.1, -0.05) is 50.3 Å². The highest BCUT2D eigenvalue weighted by atomic mass is 19.1. The molecule has 0 bridgehead atoms. The predicted octanol–water partition coefficient (Wildman–Crippen LogP) is 7.34. The lowest BCUT2D eigenvalue weighted by molar-refractivity contribution is -0.131. The first-order valence-electron chi connectivity index (χ1n) is 10.6. The molecule has 2 aromatic carbocycles. The van der Waals surface area contributed by atoms with Crippen LogP contribution in [-0.2, 0) is 4.79 Å². The number of ether oxygens (including phenoxy) is 1. The lowest BCUT2D eigenvalue weighted by atomic mass is 9.90. The van der Waals surface area contributed by atoms with E-state index >= 15 is 0 Å². The van der Waals surface area contributed by atoms with Gasteiger partial charge in [-0.2, -0.15) is 0 Å².